The topological polar surface area (TPSA) is 73.9 Å². The number of ether oxygens (including phenoxy) is 3. The third-order valence-electron chi connectivity index (χ3n) is 3.80. The second-order valence-electron chi connectivity index (χ2n) is 5.85. The molecule has 0 aromatic heterocycles. The van der Waals surface area contributed by atoms with Crippen LogP contribution in [0.2, 0.25) is 0 Å². The van der Waals surface area contributed by atoms with Crippen molar-refractivity contribution in [2.75, 3.05) is 19.5 Å². The van der Waals surface area contributed by atoms with E-state index in [-0.39, 0.29) is 6.42 Å². The van der Waals surface area contributed by atoms with Crippen LogP contribution in [0, 0.1) is 6.92 Å². The Morgan fingerprint density at radius 1 is 1.00 bits per heavy atom. The van der Waals surface area contributed by atoms with E-state index in [0.717, 1.165) is 11.1 Å². The Labute approximate surface area is 153 Å². The van der Waals surface area contributed by atoms with Crippen LogP contribution in [0.5, 0.6) is 11.5 Å². The van der Waals surface area contributed by atoms with Gasteiger partial charge in [0, 0.05) is 11.8 Å². The first-order valence-corrected chi connectivity index (χ1v) is 8.21. The average molecular weight is 357 g/mol. The predicted molar refractivity (Wildman–Crippen MR) is 98.6 cm³/mol. The minimum atomic E-state index is -0.916. The molecular weight excluding hydrogens is 334 g/mol. The van der Waals surface area contributed by atoms with E-state index in [1.54, 1.807) is 18.2 Å². The molecule has 26 heavy (non-hydrogen) atoms. The minimum Gasteiger partial charge on any atom is -0.493 e. The molecule has 0 heterocycles. The molecule has 1 atom stereocenters. The van der Waals surface area contributed by atoms with Crippen molar-refractivity contribution in [2.45, 2.75) is 26.4 Å². The summed E-state index contributed by atoms with van der Waals surface area (Å²) in [6, 6.07) is 12.6. The van der Waals surface area contributed by atoms with E-state index in [4.69, 9.17) is 14.2 Å². The number of aryl methyl sites for hydroxylation is 1. The van der Waals surface area contributed by atoms with Gasteiger partial charge >= 0.3 is 5.97 Å². The van der Waals surface area contributed by atoms with E-state index >= 15 is 0 Å². The van der Waals surface area contributed by atoms with Crippen LogP contribution in [0.15, 0.2) is 42.5 Å². The molecule has 2 aromatic carbocycles. The molecule has 138 valence electrons. The van der Waals surface area contributed by atoms with Crippen molar-refractivity contribution in [2.24, 2.45) is 0 Å². The van der Waals surface area contributed by atoms with E-state index in [2.05, 4.69) is 5.32 Å². The smallest absolute Gasteiger partial charge is 0.311 e. The number of carbonyl (C=O) groups is 2. The first-order valence-electron chi connectivity index (χ1n) is 8.21. The summed E-state index contributed by atoms with van der Waals surface area (Å²) in [4.78, 5) is 24.2. The zero-order valence-corrected chi connectivity index (χ0v) is 15.4. The number of esters is 1. The number of nitrogens with one attached hydrogen (secondary N) is 1. The molecule has 0 saturated carbocycles. The average Bonchev–Trinajstić information content (AvgIpc) is 2.63. The van der Waals surface area contributed by atoms with Crippen molar-refractivity contribution in [3.63, 3.8) is 0 Å². The highest BCUT2D eigenvalue weighted by molar-refractivity contribution is 5.95. The van der Waals surface area contributed by atoms with Crippen molar-refractivity contribution >= 4 is 17.6 Å². The van der Waals surface area contributed by atoms with Crippen molar-refractivity contribution in [1.82, 2.24) is 0 Å². The monoisotopic (exact) mass is 357 g/mol. The minimum absolute atomic E-state index is 0.119. The lowest BCUT2D eigenvalue weighted by Gasteiger charge is -2.15. The van der Waals surface area contributed by atoms with Crippen LogP contribution in [0.25, 0.3) is 0 Å². The lowest BCUT2D eigenvalue weighted by Crippen LogP contribution is -2.30. The largest absolute Gasteiger partial charge is 0.493 e. The molecule has 0 aliphatic rings. The fraction of sp³-hybridized carbons (Fsp3) is 0.300. The van der Waals surface area contributed by atoms with Gasteiger partial charge in [0.2, 0.25) is 0 Å². The van der Waals surface area contributed by atoms with Crippen molar-refractivity contribution in [3.05, 3.63) is 53.6 Å². The molecule has 2 aromatic rings. The van der Waals surface area contributed by atoms with Gasteiger partial charge in [0.05, 0.1) is 20.6 Å². The maximum atomic E-state index is 12.2. The molecular formula is C20H23NO5. The second kappa shape index (κ2) is 8.89. The van der Waals surface area contributed by atoms with Crippen LogP contribution in [0.1, 0.15) is 18.1 Å². The first kappa shape index (κ1) is 19.3. The molecule has 0 saturated heterocycles. The van der Waals surface area contributed by atoms with Crippen LogP contribution in [0.4, 0.5) is 5.69 Å². The quantitative estimate of drug-likeness (QED) is 0.771. The Kier molecular flexibility index (Phi) is 6.60. The summed E-state index contributed by atoms with van der Waals surface area (Å²) >= 11 is 0. The van der Waals surface area contributed by atoms with Gasteiger partial charge in [0.25, 0.3) is 5.91 Å². The summed E-state index contributed by atoms with van der Waals surface area (Å²) < 4.78 is 15.6. The summed E-state index contributed by atoms with van der Waals surface area (Å²) in [5.74, 6) is 0.177. The van der Waals surface area contributed by atoms with E-state index in [0.29, 0.717) is 17.2 Å². The Hall–Kier alpha value is -3.02. The highest BCUT2D eigenvalue weighted by Crippen LogP contribution is 2.29. The van der Waals surface area contributed by atoms with Crippen LogP contribution >= 0.6 is 0 Å². The standard InChI is InChI=1S/C20H23NO5/c1-13-5-7-15(8-6-13)11-19(22)26-14(2)20(23)21-16-9-10-17(24-3)18(12-16)25-4/h5-10,12,14H,11H2,1-4H3,(H,21,23)/t14-/m1/s1. The van der Waals surface area contributed by atoms with E-state index in [1.807, 2.05) is 31.2 Å². The summed E-state index contributed by atoms with van der Waals surface area (Å²) in [5, 5.41) is 2.69. The lowest BCUT2D eigenvalue weighted by molar-refractivity contribution is -0.152. The Morgan fingerprint density at radius 3 is 2.27 bits per heavy atom. The van der Waals surface area contributed by atoms with E-state index in [9.17, 15) is 9.59 Å². The summed E-state index contributed by atoms with van der Waals surface area (Å²) in [6.45, 7) is 3.51. The molecule has 0 spiro atoms. The summed E-state index contributed by atoms with van der Waals surface area (Å²) in [5.41, 5.74) is 2.48. The fourth-order valence-electron chi connectivity index (χ4n) is 2.32. The number of rotatable bonds is 7. The van der Waals surface area contributed by atoms with Gasteiger partial charge in [-0.2, -0.15) is 0 Å². The first-order chi connectivity index (χ1) is 12.4. The Balaban J connectivity index is 1.92. The maximum absolute atomic E-state index is 12.2. The molecule has 0 unspecified atom stereocenters. The molecule has 0 aliphatic carbocycles. The third kappa shape index (κ3) is 5.24. The third-order valence-corrected chi connectivity index (χ3v) is 3.80. The zero-order valence-electron chi connectivity index (χ0n) is 15.4. The van der Waals surface area contributed by atoms with Gasteiger partial charge in [-0.1, -0.05) is 29.8 Å². The molecule has 6 nitrogen and oxygen atoms in total. The van der Waals surface area contributed by atoms with Crippen LogP contribution in [-0.4, -0.2) is 32.2 Å². The van der Waals surface area contributed by atoms with E-state index < -0.39 is 18.0 Å². The SMILES string of the molecule is COc1ccc(NC(=O)[C@@H](C)OC(=O)Cc2ccc(C)cc2)cc1OC. The Morgan fingerprint density at radius 2 is 1.65 bits per heavy atom. The Bertz CT molecular complexity index is 770. The number of amides is 1. The summed E-state index contributed by atoms with van der Waals surface area (Å²) in [6.07, 6.45) is -0.796. The molecule has 0 fully saturated rings. The fourth-order valence-corrected chi connectivity index (χ4v) is 2.32. The molecule has 0 bridgehead atoms. The zero-order chi connectivity index (χ0) is 19.1. The van der Waals surface area contributed by atoms with Gasteiger partial charge in [-0.3, -0.25) is 9.59 Å². The molecule has 6 heteroatoms. The number of carbonyl (C=O) groups excluding carboxylic acids is 2. The van der Waals surface area contributed by atoms with Gasteiger partial charge in [-0.05, 0) is 31.5 Å². The second-order valence-corrected chi connectivity index (χ2v) is 5.85. The van der Waals surface area contributed by atoms with Gasteiger partial charge in [0.15, 0.2) is 17.6 Å². The number of hydrogen-bond donors (Lipinski definition) is 1. The number of hydrogen-bond acceptors (Lipinski definition) is 5. The van der Waals surface area contributed by atoms with Crippen molar-refractivity contribution < 1.29 is 23.8 Å². The van der Waals surface area contributed by atoms with Gasteiger partial charge < -0.3 is 19.5 Å². The lowest BCUT2D eigenvalue weighted by atomic mass is 10.1. The van der Waals surface area contributed by atoms with Gasteiger partial charge in [-0.25, -0.2) is 0 Å². The van der Waals surface area contributed by atoms with Gasteiger partial charge in [-0.15, -0.1) is 0 Å². The van der Waals surface area contributed by atoms with Crippen LogP contribution in [-0.2, 0) is 20.7 Å². The predicted octanol–water partition coefficient (Wildman–Crippen LogP) is 3.13. The highest BCUT2D eigenvalue weighted by atomic mass is 16.5. The molecule has 1 amide bonds. The van der Waals surface area contributed by atoms with Crippen LogP contribution in [0.3, 0.4) is 0 Å². The molecule has 0 aliphatic heterocycles. The van der Waals surface area contributed by atoms with Gasteiger partial charge in [0.1, 0.15) is 0 Å². The molecule has 2 rings (SSSR count). The number of anilines is 1. The molecule has 1 N–H and O–H groups in total. The number of methoxy groups -OCH3 is 2. The maximum Gasteiger partial charge on any atom is 0.311 e. The molecule has 0 radical (unpaired) electrons. The normalized spacial score (nSPS) is 11.4. The van der Waals surface area contributed by atoms with Crippen molar-refractivity contribution in [3.8, 4) is 11.5 Å². The number of benzene rings is 2. The summed E-state index contributed by atoms with van der Waals surface area (Å²) in [7, 11) is 3.05. The van der Waals surface area contributed by atoms with Crippen LogP contribution < -0.4 is 14.8 Å². The van der Waals surface area contributed by atoms with E-state index in [1.165, 1.54) is 21.1 Å². The highest BCUT2D eigenvalue weighted by Gasteiger charge is 2.18. The van der Waals surface area contributed by atoms with Crippen molar-refractivity contribution in [1.29, 1.82) is 0 Å².